The van der Waals surface area contributed by atoms with E-state index in [2.05, 4.69) is 0 Å². The molecule has 0 heterocycles. The third-order valence-corrected chi connectivity index (χ3v) is 0. The minimum atomic E-state index is 0. The first kappa shape index (κ1) is 122. The van der Waals surface area contributed by atoms with Crippen LogP contribution in [0, 0.1) is 40.8 Å². The van der Waals surface area contributed by atoms with Gasteiger partial charge in [-0.3, -0.25) is 0 Å². The van der Waals surface area contributed by atoms with E-state index in [1.165, 1.54) is 0 Å². The van der Waals surface area contributed by atoms with Crippen LogP contribution >= 0.6 is 0 Å². The normalized spacial score (nSPS) is 0. The zero-order chi connectivity index (χ0) is 0. The molecule has 3 nitrogen and oxygen atoms in total. The monoisotopic (exact) mass is 212 g/mol. The Hall–Kier alpha value is 1.16. The van der Waals surface area contributed by atoms with Gasteiger partial charge in [0.25, 0.3) is 0 Å². The summed E-state index contributed by atoms with van der Waals surface area (Å²) in [6.45, 7) is 0. The first-order valence-corrected chi connectivity index (χ1v) is 0. The van der Waals surface area contributed by atoms with Gasteiger partial charge in [0.15, 0.2) is 0 Å². The molecule has 0 bridgehead atoms. The molecular formula is H3FNdO3. The van der Waals surface area contributed by atoms with Gasteiger partial charge < -0.3 is 16.4 Å². The van der Waals surface area contributed by atoms with E-state index in [0.717, 1.165) is 0 Å². The van der Waals surface area contributed by atoms with E-state index < -0.39 is 0 Å². The van der Waals surface area contributed by atoms with Crippen LogP contribution < -0.4 is 0 Å². The molecule has 0 aromatic rings. The molecular weight excluding hydrogens is 211 g/mol. The largest absolute Gasteiger partial charge is 3.00 e. The Morgan fingerprint density at radius 3 is 0.600 bits per heavy atom. The fourth-order valence-electron chi connectivity index (χ4n) is 0. The van der Waals surface area contributed by atoms with E-state index in [0.29, 0.717) is 0 Å². The molecule has 0 aliphatic carbocycles. The van der Waals surface area contributed by atoms with Crippen LogP contribution in [0.15, 0.2) is 0 Å². The Balaban J connectivity index is 0. The van der Waals surface area contributed by atoms with Crippen molar-refractivity contribution in [1.82, 2.24) is 0 Å². The van der Waals surface area contributed by atoms with E-state index in [1.807, 2.05) is 0 Å². The molecule has 0 aromatic heterocycles. The van der Waals surface area contributed by atoms with E-state index in [9.17, 15) is 0 Å². The number of rotatable bonds is 0. The van der Waals surface area contributed by atoms with Crippen molar-refractivity contribution in [2.45, 2.75) is 0 Å². The van der Waals surface area contributed by atoms with Crippen LogP contribution in [0.4, 0.5) is 4.70 Å². The second-order valence-corrected chi connectivity index (χ2v) is 0. The van der Waals surface area contributed by atoms with Crippen LogP contribution in [0.1, 0.15) is 0 Å². The van der Waals surface area contributed by atoms with Gasteiger partial charge in [0.05, 0.1) is 0 Å². The summed E-state index contributed by atoms with van der Waals surface area (Å²) in [6.07, 6.45) is 0. The third-order valence-electron chi connectivity index (χ3n) is 0. The molecule has 0 amide bonds. The first-order valence-electron chi connectivity index (χ1n) is 0. The van der Waals surface area contributed by atoms with E-state index in [4.69, 9.17) is 0 Å². The Labute approximate surface area is 61.6 Å². The Morgan fingerprint density at radius 2 is 0.600 bits per heavy atom. The number of hydrogen-bond acceptors (Lipinski definition) is 3. The van der Waals surface area contributed by atoms with E-state index >= 15 is 0 Å². The van der Waals surface area contributed by atoms with Crippen molar-refractivity contribution >= 4 is 0 Å². The number of hydrogen-bond donors (Lipinski definition) is 0. The summed E-state index contributed by atoms with van der Waals surface area (Å²) in [6, 6.07) is 0. The van der Waals surface area contributed by atoms with Crippen molar-refractivity contribution in [2.75, 3.05) is 0 Å². The van der Waals surface area contributed by atoms with Crippen molar-refractivity contribution in [2.24, 2.45) is 0 Å². The molecule has 3 N–H and O–H groups in total. The van der Waals surface area contributed by atoms with Crippen molar-refractivity contribution in [3.63, 3.8) is 0 Å². The fraction of sp³-hybridized carbons (Fsp3) is 0. The Bertz CT molecular complexity index is 6.85. The molecule has 0 atom stereocenters. The standard InChI is InChI=1S/F.Nd.3H2O/h;;3*1H2/q;+3;;;/p-3. The SMILES string of the molecule is [F].[Nd+3].[OH-].[OH-].[OH-]. The molecule has 0 rings (SSSR count). The van der Waals surface area contributed by atoms with Crippen LogP contribution in [0.3, 0.4) is 0 Å². The molecule has 0 saturated carbocycles. The first-order chi connectivity index (χ1) is 0. The molecule has 0 spiro atoms. The van der Waals surface area contributed by atoms with Gasteiger partial charge in [-0.25, -0.2) is 0 Å². The van der Waals surface area contributed by atoms with Crippen LogP contribution in [-0.4, -0.2) is 16.4 Å². The van der Waals surface area contributed by atoms with Crippen LogP contribution in [0.5, 0.6) is 0 Å². The van der Waals surface area contributed by atoms with Gasteiger partial charge in [-0.05, 0) is 0 Å². The van der Waals surface area contributed by atoms with Crippen molar-refractivity contribution in [3.8, 4) is 0 Å². The van der Waals surface area contributed by atoms with E-state index in [1.54, 1.807) is 0 Å². The molecule has 0 aliphatic rings. The fourth-order valence-corrected chi connectivity index (χ4v) is 0. The molecule has 5 heteroatoms. The zero-order valence-electron chi connectivity index (χ0n) is 2.22. The molecule has 2 radical (unpaired) electrons. The molecule has 0 fully saturated rings. The minimum Gasteiger partial charge on any atom is -0.870 e. The number of halogens is 1. The van der Waals surface area contributed by atoms with Gasteiger partial charge in [-0.1, -0.05) is 0 Å². The summed E-state index contributed by atoms with van der Waals surface area (Å²) in [5.74, 6) is 0. The Morgan fingerprint density at radius 1 is 0.600 bits per heavy atom. The van der Waals surface area contributed by atoms with Crippen LogP contribution in [-0.2, 0) is 0 Å². The summed E-state index contributed by atoms with van der Waals surface area (Å²) in [4.78, 5) is 0. The van der Waals surface area contributed by atoms with Crippen molar-refractivity contribution < 1.29 is 62.0 Å². The molecule has 0 aromatic carbocycles. The third kappa shape index (κ3) is 38.3. The average molecular weight is 214 g/mol. The second kappa shape index (κ2) is 66.3. The predicted molar refractivity (Wildman–Crippen MR) is 6.92 cm³/mol. The van der Waals surface area contributed by atoms with Gasteiger partial charge in [-0.15, -0.1) is 0 Å². The summed E-state index contributed by atoms with van der Waals surface area (Å²) in [5.41, 5.74) is 0. The molecule has 0 unspecified atom stereocenters. The van der Waals surface area contributed by atoms with Crippen molar-refractivity contribution in [1.29, 1.82) is 0 Å². The van der Waals surface area contributed by atoms with Gasteiger partial charge >= 0.3 is 40.8 Å². The second-order valence-electron chi connectivity index (χ2n) is 0. The van der Waals surface area contributed by atoms with Gasteiger partial charge in [0.1, 0.15) is 0 Å². The van der Waals surface area contributed by atoms with Gasteiger partial charge in [0, 0.05) is 4.70 Å². The molecule has 32 valence electrons. The summed E-state index contributed by atoms with van der Waals surface area (Å²) in [5, 5.41) is 0. The van der Waals surface area contributed by atoms with E-state index in [-0.39, 0.29) is 62.0 Å². The zero-order valence-corrected chi connectivity index (χ0v) is 5.43. The van der Waals surface area contributed by atoms with Gasteiger partial charge in [0.2, 0.25) is 0 Å². The Kier molecular flexibility index (Phi) is 1620. The van der Waals surface area contributed by atoms with Gasteiger partial charge in [-0.2, -0.15) is 0 Å². The average Bonchev–Trinajstić information content (AvgIpc) is 0. The topological polar surface area (TPSA) is 90.0 Å². The minimum absolute atomic E-state index is 0. The maximum Gasteiger partial charge on any atom is 3.00 e. The van der Waals surface area contributed by atoms with Crippen molar-refractivity contribution in [3.05, 3.63) is 0 Å². The summed E-state index contributed by atoms with van der Waals surface area (Å²) in [7, 11) is 0. The smallest absolute Gasteiger partial charge is 0.870 e. The van der Waals surface area contributed by atoms with Crippen LogP contribution in [0.25, 0.3) is 0 Å². The summed E-state index contributed by atoms with van der Waals surface area (Å²) >= 11 is 0. The summed E-state index contributed by atoms with van der Waals surface area (Å²) < 4.78 is 0. The quantitative estimate of drug-likeness (QED) is 0.563. The van der Waals surface area contributed by atoms with Crippen LogP contribution in [0.2, 0.25) is 0 Å². The molecule has 0 aliphatic heterocycles. The molecule has 0 saturated heterocycles. The molecule has 5 heavy (non-hydrogen) atoms. The maximum atomic E-state index is 0. The predicted octanol–water partition coefficient (Wildman–Crippen LogP) is -0.110. The maximum absolute atomic E-state index is 0.